The number of hydrogen-bond acceptors (Lipinski definition) is 3. The van der Waals surface area contributed by atoms with Crippen molar-refractivity contribution < 1.29 is 15.0 Å². The van der Waals surface area contributed by atoms with Gasteiger partial charge >= 0.3 is 0 Å². The molecule has 2 N–H and O–H groups in total. The summed E-state index contributed by atoms with van der Waals surface area (Å²) in [5.74, 6) is 1.27. The summed E-state index contributed by atoms with van der Waals surface area (Å²) in [5, 5.41) is 19.2. The zero-order chi connectivity index (χ0) is 13.3. The molecule has 3 aliphatic rings. The molecule has 3 heteroatoms. The first-order valence-electron chi connectivity index (χ1n) is 6.87. The lowest BCUT2D eigenvalue weighted by Crippen LogP contribution is -2.49. The van der Waals surface area contributed by atoms with E-state index in [4.69, 9.17) is 0 Å². The molecule has 3 aliphatic carbocycles. The van der Waals surface area contributed by atoms with Crippen molar-refractivity contribution in [3.05, 3.63) is 11.1 Å². The highest BCUT2D eigenvalue weighted by atomic mass is 16.5. The molecule has 0 saturated heterocycles. The molecule has 3 rings (SSSR count). The monoisotopic (exact) mass is 250 g/mol. The summed E-state index contributed by atoms with van der Waals surface area (Å²) in [5.41, 5.74) is 1.91. The number of carbonyl (C=O) groups excluding carboxylic acids is 1. The predicted molar refractivity (Wildman–Crippen MR) is 67.6 cm³/mol. The first kappa shape index (κ1) is 12.4. The lowest BCUT2D eigenvalue weighted by molar-refractivity contribution is -0.132. The molecule has 2 fully saturated rings. The molecule has 0 aromatic rings. The number of aliphatic hydroxyl groups excluding tert-OH is 1. The maximum absolute atomic E-state index is 11.8. The quantitative estimate of drug-likeness (QED) is 0.700. The number of rotatable bonds is 1. The van der Waals surface area contributed by atoms with Gasteiger partial charge < -0.3 is 10.2 Å². The predicted octanol–water partition coefficient (Wildman–Crippen LogP) is 2.03. The van der Waals surface area contributed by atoms with Crippen LogP contribution in [0.5, 0.6) is 0 Å². The van der Waals surface area contributed by atoms with E-state index < -0.39 is 11.7 Å². The first-order valence-corrected chi connectivity index (χ1v) is 6.87. The Hall–Kier alpha value is -0.670. The van der Waals surface area contributed by atoms with Crippen LogP contribution in [0.4, 0.5) is 0 Å². The van der Waals surface area contributed by atoms with Gasteiger partial charge in [-0.1, -0.05) is 19.4 Å². The van der Waals surface area contributed by atoms with Crippen molar-refractivity contribution >= 4 is 5.78 Å². The second-order valence-corrected chi connectivity index (χ2v) is 7.18. The van der Waals surface area contributed by atoms with Gasteiger partial charge in [-0.3, -0.25) is 4.79 Å². The summed E-state index contributed by atoms with van der Waals surface area (Å²) in [6.45, 7) is 6.24. The molecule has 0 aliphatic heterocycles. The lowest BCUT2D eigenvalue weighted by atomic mass is 9.51. The van der Waals surface area contributed by atoms with Crippen molar-refractivity contribution in [3.8, 4) is 0 Å². The molecule has 4 atom stereocenters. The van der Waals surface area contributed by atoms with Crippen LogP contribution in [0, 0.1) is 22.7 Å². The fraction of sp³-hybridized carbons (Fsp3) is 0.800. The smallest absolute Gasteiger partial charge is 0.160 e. The van der Waals surface area contributed by atoms with Crippen molar-refractivity contribution in [2.24, 2.45) is 22.7 Å². The topological polar surface area (TPSA) is 57.5 Å². The molecule has 0 unspecified atom stereocenters. The maximum Gasteiger partial charge on any atom is 0.160 e. The van der Waals surface area contributed by atoms with Crippen molar-refractivity contribution in [2.45, 2.75) is 52.7 Å². The normalized spacial score (nSPS) is 47.1. The SMILES string of the molecule is CC1=C2C(=O)C[C@]2(C)[C@H]2C[C@](C)(C(O)O)C[C@H]2C1. The third-order valence-electron chi connectivity index (χ3n) is 5.80. The highest BCUT2D eigenvalue weighted by Crippen LogP contribution is 2.65. The van der Waals surface area contributed by atoms with Crippen LogP contribution in [0.25, 0.3) is 0 Å². The molecular weight excluding hydrogens is 228 g/mol. The van der Waals surface area contributed by atoms with Crippen LogP contribution in [0.3, 0.4) is 0 Å². The Morgan fingerprint density at radius 3 is 2.50 bits per heavy atom. The summed E-state index contributed by atoms with van der Waals surface area (Å²) >= 11 is 0. The Balaban J connectivity index is 1.96. The zero-order valence-electron chi connectivity index (χ0n) is 11.4. The summed E-state index contributed by atoms with van der Waals surface area (Å²) < 4.78 is 0. The second kappa shape index (κ2) is 3.45. The standard InChI is InChI=1S/C15H22O3/c1-8-4-9-5-14(2,13(17)18)6-10(9)15(3)7-11(16)12(8)15/h9-10,13,17-18H,4-7H2,1-3H3/t9-,10+,14-,15-/m1/s1. The van der Waals surface area contributed by atoms with Crippen molar-refractivity contribution in [1.29, 1.82) is 0 Å². The van der Waals surface area contributed by atoms with E-state index in [0.29, 0.717) is 24.0 Å². The summed E-state index contributed by atoms with van der Waals surface area (Å²) in [7, 11) is 0. The molecule has 0 aromatic heterocycles. The molecule has 3 nitrogen and oxygen atoms in total. The Kier molecular flexibility index (Phi) is 2.37. The van der Waals surface area contributed by atoms with E-state index in [-0.39, 0.29) is 5.41 Å². The van der Waals surface area contributed by atoms with Crippen LogP contribution in [0.15, 0.2) is 11.1 Å². The second-order valence-electron chi connectivity index (χ2n) is 7.18. The molecule has 0 aromatic carbocycles. The van der Waals surface area contributed by atoms with E-state index in [2.05, 4.69) is 13.8 Å². The van der Waals surface area contributed by atoms with E-state index in [0.717, 1.165) is 24.8 Å². The minimum absolute atomic E-state index is 0.0106. The molecule has 0 radical (unpaired) electrons. The van der Waals surface area contributed by atoms with Crippen LogP contribution in [-0.2, 0) is 4.79 Å². The number of ketones is 1. The number of carbonyl (C=O) groups is 1. The third kappa shape index (κ3) is 1.35. The average Bonchev–Trinajstić information content (AvgIpc) is 2.55. The summed E-state index contributed by atoms with van der Waals surface area (Å²) in [6, 6.07) is 0. The van der Waals surface area contributed by atoms with E-state index >= 15 is 0 Å². The largest absolute Gasteiger partial charge is 0.368 e. The highest BCUT2D eigenvalue weighted by Gasteiger charge is 2.61. The van der Waals surface area contributed by atoms with Gasteiger partial charge in [-0.05, 0) is 38.0 Å². The van der Waals surface area contributed by atoms with E-state index in [9.17, 15) is 15.0 Å². The Labute approximate surface area is 108 Å². The van der Waals surface area contributed by atoms with Crippen molar-refractivity contribution in [2.75, 3.05) is 0 Å². The van der Waals surface area contributed by atoms with Gasteiger partial charge in [-0.15, -0.1) is 0 Å². The van der Waals surface area contributed by atoms with Crippen molar-refractivity contribution in [1.82, 2.24) is 0 Å². The van der Waals surface area contributed by atoms with Gasteiger partial charge in [-0.2, -0.15) is 0 Å². The Morgan fingerprint density at radius 1 is 1.28 bits per heavy atom. The molecule has 0 spiro atoms. The fourth-order valence-electron chi connectivity index (χ4n) is 4.92. The van der Waals surface area contributed by atoms with E-state index in [1.807, 2.05) is 6.92 Å². The number of Topliss-reactive ketones (excluding diaryl/α,β-unsaturated/α-hetero) is 1. The van der Waals surface area contributed by atoms with Crippen LogP contribution in [0.1, 0.15) is 46.5 Å². The molecular formula is C15H22O3. The van der Waals surface area contributed by atoms with Crippen LogP contribution in [-0.4, -0.2) is 22.3 Å². The van der Waals surface area contributed by atoms with Gasteiger partial charge in [0.05, 0.1) is 0 Å². The van der Waals surface area contributed by atoms with Crippen molar-refractivity contribution in [3.63, 3.8) is 0 Å². The van der Waals surface area contributed by atoms with Gasteiger partial charge in [0, 0.05) is 22.8 Å². The average molecular weight is 250 g/mol. The molecule has 100 valence electrons. The molecule has 0 bridgehead atoms. The number of allylic oxidation sites excluding steroid dienone is 2. The lowest BCUT2D eigenvalue weighted by Gasteiger charge is -2.51. The van der Waals surface area contributed by atoms with Gasteiger partial charge in [-0.25, -0.2) is 0 Å². The first-order chi connectivity index (χ1) is 8.28. The fourth-order valence-corrected chi connectivity index (χ4v) is 4.92. The number of hydrogen-bond donors (Lipinski definition) is 2. The minimum atomic E-state index is -1.24. The molecule has 0 amide bonds. The number of aliphatic hydroxyl groups is 2. The molecule has 18 heavy (non-hydrogen) atoms. The maximum atomic E-state index is 11.8. The number of fused-ring (bicyclic) bond motifs is 3. The van der Waals surface area contributed by atoms with Gasteiger partial charge in [0.25, 0.3) is 0 Å². The van der Waals surface area contributed by atoms with Gasteiger partial charge in [0.1, 0.15) is 0 Å². The molecule has 2 saturated carbocycles. The Morgan fingerprint density at radius 2 is 1.94 bits per heavy atom. The van der Waals surface area contributed by atoms with Gasteiger partial charge in [0.2, 0.25) is 0 Å². The third-order valence-corrected chi connectivity index (χ3v) is 5.80. The van der Waals surface area contributed by atoms with Crippen LogP contribution in [0.2, 0.25) is 0 Å². The Bertz CT molecular complexity index is 451. The zero-order valence-corrected chi connectivity index (χ0v) is 11.4. The summed E-state index contributed by atoms with van der Waals surface area (Å²) in [4.78, 5) is 11.8. The van der Waals surface area contributed by atoms with E-state index in [1.165, 1.54) is 5.57 Å². The van der Waals surface area contributed by atoms with Gasteiger partial charge in [0.15, 0.2) is 12.1 Å². The molecule has 0 heterocycles. The van der Waals surface area contributed by atoms with Crippen LogP contribution < -0.4 is 0 Å². The van der Waals surface area contributed by atoms with Crippen LogP contribution >= 0.6 is 0 Å². The van der Waals surface area contributed by atoms with E-state index in [1.54, 1.807) is 0 Å². The minimum Gasteiger partial charge on any atom is -0.368 e. The summed E-state index contributed by atoms with van der Waals surface area (Å²) in [6.07, 6.45) is 2.06. The highest BCUT2D eigenvalue weighted by molar-refractivity contribution is 6.05.